The van der Waals surface area contributed by atoms with Crippen molar-refractivity contribution in [3.8, 4) is 5.75 Å². The summed E-state index contributed by atoms with van der Waals surface area (Å²) in [7, 11) is 0. The number of aliphatic hydroxyl groups is 1. The number of aliphatic hydroxyl groups excluding tert-OH is 1. The Morgan fingerprint density at radius 2 is 2.06 bits per heavy atom. The molecule has 0 amide bonds. The third-order valence-corrected chi connectivity index (χ3v) is 2.21. The Hall–Kier alpha value is -1.81. The Morgan fingerprint density at radius 1 is 1.25 bits per heavy atom. The molecule has 16 heavy (non-hydrogen) atoms. The summed E-state index contributed by atoms with van der Waals surface area (Å²) in [4.78, 5) is 4.02. The minimum atomic E-state index is -0.0213. The van der Waals surface area contributed by atoms with E-state index in [1.54, 1.807) is 6.33 Å². The third kappa shape index (κ3) is 2.84. The zero-order valence-corrected chi connectivity index (χ0v) is 8.91. The lowest BCUT2D eigenvalue weighted by Crippen LogP contribution is -2.06. The highest BCUT2D eigenvalue weighted by atomic mass is 16.5. The summed E-state index contributed by atoms with van der Waals surface area (Å²) in [5.41, 5.74) is 0.680. The van der Waals surface area contributed by atoms with E-state index in [2.05, 4.69) is 4.98 Å². The predicted octanol–water partition coefficient (Wildman–Crippen LogP) is 1.45. The van der Waals surface area contributed by atoms with E-state index in [9.17, 15) is 0 Å². The quantitative estimate of drug-likeness (QED) is 0.826. The second-order valence-electron chi connectivity index (χ2n) is 3.42. The van der Waals surface area contributed by atoms with Crippen molar-refractivity contribution in [1.29, 1.82) is 0 Å². The molecule has 1 heterocycles. The number of para-hydroxylation sites is 1. The minimum Gasteiger partial charge on any atom is -0.492 e. The van der Waals surface area contributed by atoms with Gasteiger partial charge in [-0.15, -0.1) is 0 Å². The van der Waals surface area contributed by atoms with Gasteiger partial charge in [0.1, 0.15) is 12.4 Å². The summed E-state index contributed by atoms with van der Waals surface area (Å²) in [6.07, 6.45) is 3.51. The average Bonchev–Trinajstić information content (AvgIpc) is 2.78. The Morgan fingerprint density at radius 3 is 2.75 bits per heavy atom. The van der Waals surface area contributed by atoms with Crippen LogP contribution in [0.4, 0.5) is 0 Å². The van der Waals surface area contributed by atoms with Crippen LogP contribution in [0.5, 0.6) is 5.75 Å². The standard InChI is InChI=1S/C12H14N2O2/c15-9-11-8-14(10-13-11)6-7-16-12-4-2-1-3-5-12/h1-5,8,10,15H,6-7,9H2. The number of aromatic nitrogens is 2. The van der Waals surface area contributed by atoms with E-state index in [0.717, 1.165) is 12.3 Å². The molecule has 0 aliphatic rings. The van der Waals surface area contributed by atoms with Crippen molar-refractivity contribution in [2.45, 2.75) is 13.2 Å². The van der Waals surface area contributed by atoms with Crippen LogP contribution in [0.1, 0.15) is 5.69 Å². The van der Waals surface area contributed by atoms with Gasteiger partial charge in [0, 0.05) is 6.20 Å². The highest BCUT2D eigenvalue weighted by Crippen LogP contribution is 2.08. The average molecular weight is 218 g/mol. The molecule has 0 saturated heterocycles. The molecular formula is C12H14N2O2. The molecule has 4 nitrogen and oxygen atoms in total. The Labute approximate surface area is 94.1 Å². The maximum Gasteiger partial charge on any atom is 0.119 e. The van der Waals surface area contributed by atoms with Crippen molar-refractivity contribution >= 4 is 0 Å². The maximum absolute atomic E-state index is 8.85. The first-order valence-electron chi connectivity index (χ1n) is 5.18. The summed E-state index contributed by atoms with van der Waals surface area (Å²) in [6.45, 7) is 1.29. The Balaban J connectivity index is 1.80. The van der Waals surface area contributed by atoms with E-state index >= 15 is 0 Å². The summed E-state index contributed by atoms with van der Waals surface area (Å²) < 4.78 is 7.44. The Kier molecular flexibility index (Phi) is 3.56. The fraction of sp³-hybridized carbons (Fsp3) is 0.250. The van der Waals surface area contributed by atoms with Crippen LogP contribution in [0.25, 0.3) is 0 Å². The van der Waals surface area contributed by atoms with Crippen LogP contribution in [0, 0.1) is 0 Å². The molecule has 0 atom stereocenters. The van der Waals surface area contributed by atoms with Gasteiger partial charge < -0.3 is 14.4 Å². The number of benzene rings is 1. The first kappa shape index (κ1) is 10.7. The zero-order valence-electron chi connectivity index (χ0n) is 8.91. The monoisotopic (exact) mass is 218 g/mol. The van der Waals surface area contributed by atoms with Gasteiger partial charge in [-0.25, -0.2) is 4.98 Å². The summed E-state index contributed by atoms with van der Waals surface area (Å²) >= 11 is 0. The number of imidazole rings is 1. The highest BCUT2D eigenvalue weighted by Gasteiger charge is 1.97. The molecule has 0 aliphatic carbocycles. The predicted molar refractivity (Wildman–Crippen MR) is 60.1 cm³/mol. The van der Waals surface area contributed by atoms with Gasteiger partial charge in [-0.3, -0.25) is 0 Å². The van der Waals surface area contributed by atoms with Crippen LogP contribution in [0.3, 0.4) is 0 Å². The normalized spacial score (nSPS) is 10.3. The lowest BCUT2D eigenvalue weighted by atomic mass is 10.3. The molecule has 1 aromatic carbocycles. The molecule has 0 bridgehead atoms. The van der Waals surface area contributed by atoms with E-state index in [4.69, 9.17) is 9.84 Å². The largest absolute Gasteiger partial charge is 0.492 e. The van der Waals surface area contributed by atoms with Crippen molar-refractivity contribution in [3.63, 3.8) is 0 Å². The fourth-order valence-electron chi connectivity index (χ4n) is 1.40. The third-order valence-electron chi connectivity index (χ3n) is 2.21. The molecule has 0 spiro atoms. The van der Waals surface area contributed by atoms with Crippen molar-refractivity contribution in [2.75, 3.05) is 6.61 Å². The van der Waals surface area contributed by atoms with Crippen LogP contribution < -0.4 is 4.74 Å². The zero-order chi connectivity index (χ0) is 11.2. The molecule has 4 heteroatoms. The molecule has 84 valence electrons. The topological polar surface area (TPSA) is 47.3 Å². The van der Waals surface area contributed by atoms with E-state index in [-0.39, 0.29) is 6.61 Å². The summed E-state index contributed by atoms with van der Waals surface area (Å²) in [5, 5.41) is 8.85. The molecule has 0 unspecified atom stereocenters. The van der Waals surface area contributed by atoms with Gasteiger partial charge >= 0.3 is 0 Å². The number of nitrogens with zero attached hydrogens (tertiary/aromatic N) is 2. The molecule has 0 radical (unpaired) electrons. The van der Waals surface area contributed by atoms with Gasteiger partial charge in [0.25, 0.3) is 0 Å². The van der Waals surface area contributed by atoms with E-state index < -0.39 is 0 Å². The van der Waals surface area contributed by atoms with Crippen molar-refractivity contribution < 1.29 is 9.84 Å². The second kappa shape index (κ2) is 5.32. The molecule has 0 aliphatic heterocycles. The van der Waals surface area contributed by atoms with Gasteiger partial charge in [0.2, 0.25) is 0 Å². The van der Waals surface area contributed by atoms with Crippen molar-refractivity contribution in [1.82, 2.24) is 9.55 Å². The van der Waals surface area contributed by atoms with Crippen LogP contribution in [0.15, 0.2) is 42.9 Å². The van der Waals surface area contributed by atoms with Crippen LogP contribution in [-0.2, 0) is 13.2 Å². The molecule has 1 N–H and O–H groups in total. The fourth-order valence-corrected chi connectivity index (χ4v) is 1.40. The van der Waals surface area contributed by atoms with E-state index in [1.807, 2.05) is 41.1 Å². The van der Waals surface area contributed by atoms with Crippen molar-refractivity contribution in [2.24, 2.45) is 0 Å². The number of hydrogen-bond donors (Lipinski definition) is 1. The smallest absolute Gasteiger partial charge is 0.119 e. The maximum atomic E-state index is 8.85. The van der Waals surface area contributed by atoms with Gasteiger partial charge in [0.05, 0.1) is 25.2 Å². The van der Waals surface area contributed by atoms with Crippen LogP contribution in [-0.4, -0.2) is 21.3 Å². The van der Waals surface area contributed by atoms with Gasteiger partial charge in [-0.1, -0.05) is 18.2 Å². The molecule has 0 fully saturated rings. The number of rotatable bonds is 5. The second-order valence-corrected chi connectivity index (χ2v) is 3.42. The first-order valence-corrected chi connectivity index (χ1v) is 5.18. The lowest BCUT2D eigenvalue weighted by molar-refractivity contribution is 0.276. The number of ether oxygens (including phenoxy) is 1. The first-order chi connectivity index (χ1) is 7.88. The molecule has 1 aromatic heterocycles. The Bertz CT molecular complexity index is 426. The summed E-state index contributed by atoms with van der Waals surface area (Å²) in [6, 6.07) is 9.68. The SMILES string of the molecule is OCc1cn(CCOc2ccccc2)cn1. The molecule has 0 saturated carbocycles. The van der Waals surface area contributed by atoms with Gasteiger partial charge in [0.15, 0.2) is 0 Å². The highest BCUT2D eigenvalue weighted by molar-refractivity contribution is 5.20. The van der Waals surface area contributed by atoms with E-state index in [1.165, 1.54) is 0 Å². The number of hydrogen-bond acceptors (Lipinski definition) is 3. The minimum absolute atomic E-state index is 0.0213. The van der Waals surface area contributed by atoms with Crippen LogP contribution in [0.2, 0.25) is 0 Å². The molecule has 2 rings (SSSR count). The van der Waals surface area contributed by atoms with Gasteiger partial charge in [-0.05, 0) is 12.1 Å². The van der Waals surface area contributed by atoms with Gasteiger partial charge in [-0.2, -0.15) is 0 Å². The summed E-state index contributed by atoms with van der Waals surface area (Å²) in [5.74, 6) is 0.866. The van der Waals surface area contributed by atoms with Crippen molar-refractivity contribution in [3.05, 3.63) is 48.5 Å². The molecular weight excluding hydrogens is 204 g/mol. The van der Waals surface area contributed by atoms with E-state index in [0.29, 0.717) is 12.3 Å². The molecule has 2 aromatic rings. The lowest BCUT2D eigenvalue weighted by Gasteiger charge is -2.05. The van der Waals surface area contributed by atoms with Crippen LogP contribution >= 0.6 is 0 Å².